The lowest BCUT2D eigenvalue weighted by Gasteiger charge is -2.03. The van der Waals surface area contributed by atoms with E-state index in [1.54, 1.807) is 6.07 Å². The van der Waals surface area contributed by atoms with Gasteiger partial charge in [-0.2, -0.15) is 5.10 Å². The van der Waals surface area contributed by atoms with Gasteiger partial charge in [0.05, 0.1) is 16.3 Å². The molecule has 0 atom stereocenters. The number of hydrogen-bond donors (Lipinski definition) is 1. The van der Waals surface area contributed by atoms with Crippen molar-refractivity contribution < 1.29 is 9.90 Å². The molecule has 3 rings (SSSR count). The Morgan fingerprint density at radius 3 is 2.84 bits per heavy atom. The fraction of sp³-hybridized carbons (Fsp3) is 0.154. The molecule has 0 unspecified atom stereocenters. The molecule has 0 aliphatic rings. The highest BCUT2D eigenvalue weighted by molar-refractivity contribution is 7.13. The molecule has 3 aromatic heterocycles. The summed E-state index contributed by atoms with van der Waals surface area (Å²) in [5, 5.41) is 15.5. The van der Waals surface area contributed by atoms with E-state index in [0.29, 0.717) is 11.3 Å². The number of aryl methyl sites for hydroxylation is 2. The van der Waals surface area contributed by atoms with Gasteiger partial charge >= 0.3 is 5.97 Å². The van der Waals surface area contributed by atoms with Crippen LogP contribution in [0.1, 0.15) is 21.7 Å². The molecule has 0 radical (unpaired) electrons. The molecule has 5 nitrogen and oxygen atoms in total. The molecule has 0 saturated carbocycles. The molecule has 0 spiro atoms. The molecule has 0 aliphatic carbocycles. The highest BCUT2D eigenvalue weighted by Gasteiger charge is 2.17. The zero-order chi connectivity index (χ0) is 13.6. The fourth-order valence-electron chi connectivity index (χ4n) is 1.93. The minimum absolute atomic E-state index is 0.129. The predicted molar refractivity (Wildman–Crippen MR) is 72.7 cm³/mol. The third-order valence-corrected chi connectivity index (χ3v) is 3.94. The summed E-state index contributed by atoms with van der Waals surface area (Å²) >= 11 is 1.53. The summed E-state index contributed by atoms with van der Waals surface area (Å²) in [4.78, 5) is 16.8. The quantitative estimate of drug-likeness (QED) is 0.779. The smallest absolute Gasteiger partial charge is 0.354 e. The van der Waals surface area contributed by atoms with Gasteiger partial charge in [0, 0.05) is 5.56 Å². The number of thiophene rings is 1. The van der Waals surface area contributed by atoms with Gasteiger partial charge < -0.3 is 5.11 Å². The monoisotopic (exact) mass is 273 g/mol. The van der Waals surface area contributed by atoms with Crippen LogP contribution in [0.25, 0.3) is 16.2 Å². The van der Waals surface area contributed by atoms with Crippen LogP contribution in [0, 0.1) is 13.8 Å². The van der Waals surface area contributed by atoms with Crippen LogP contribution in [0.5, 0.6) is 0 Å². The van der Waals surface area contributed by atoms with Crippen LogP contribution < -0.4 is 0 Å². The van der Waals surface area contributed by atoms with Gasteiger partial charge in [0.2, 0.25) is 0 Å². The fourth-order valence-corrected chi connectivity index (χ4v) is 2.62. The highest BCUT2D eigenvalue weighted by atomic mass is 32.1. The summed E-state index contributed by atoms with van der Waals surface area (Å²) in [5.41, 5.74) is 3.09. The van der Waals surface area contributed by atoms with E-state index in [-0.39, 0.29) is 5.69 Å². The summed E-state index contributed by atoms with van der Waals surface area (Å²) < 4.78 is 1.39. The van der Waals surface area contributed by atoms with Gasteiger partial charge in [-0.3, -0.25) is 0 Å². The largest absolute Gasteiger partial charge is 0.477 e. The molecule has 0 amide bonds. The van der Waals surface area contributed by atoms with Crippen molar-refractivity contribution in [3.05, 3.63) is 40.5 Å². The number of carboxylic acid groups (broad SMARTS) is 1. The van der Waals surface area contributed by atoms with Crippen molar-refractivity contribution in [1.29, 1.82) is 0 Å². The van der Waals surface area contributed by atoms with Crippen LogP contribution in [0.3, 0.4) is 0 Å². The van der Waals surface area contributed by atoms with Crippen molar-refractivity contribution in [2.24, 2.45) is 0 Å². The van der Waals surface area contributed by atoms with Gasteiger partial charge in [-0.15, -0.1) is 11.3 Å². The molecule has 0 aromatic carbocycles. The number of carbonyl (C=O) groups is 1. The molecule has 1 N–H and O–H groups in total. The molecule has 0 saturated heterocycles. The zero-order valence-corrected chi connectivity index (χ0v) is 11.2. The average molecular weight is 273 g/mol. The van der Waals surface area contributed by atoms with Crippen molar-refractivity contribution in [3.8, 4) is 10.6 Å². The lowest BCUT2D eigenvalue weighted by atomic mass is 10.2. The molecular formula is C13H11N3O2S. The molecule has 3 aromatic rings. The number of hydrogen-bond acceptors (Lipinski definition) is 4. The standard InChI is InChI=1S/C13H11N3O2S/c1-7-8(2)15-16-10(13(17)18)6-9(14-12(7)16)11-4-3-5-19-11/h3-6H,1-2H3,(H,17,18). The highest BCUT2D eigenvalue weighted by Crippen LogP contribution is 2.25. The molecule has 3 heterocycles. The van der Waals surface area contributed by atoms with E-state index in [1.807, 2.05) is 31.4 Å². The Balaban J connectivity index is 2.38. The number of nitrogens with zero attached hydrogens (tertiary/aromatic N) is 3. The maximum Gasteiger partial charge on any atom is 0.354 e. The maximum atomic E-state index is 11.4. The first-order valence-corrected chi connectivity index (χ1v) is 6.60. The minimum atomic E-state index is -1.01. The van der Waals surface area contributed by atoms with Crippen LogP contribution in [-0.2, 0) is 0 Å². The summed E-state index contributed by atoms with van der Waals surface area (Å²) in [5.74, 6) is -1.01. The van der Waals surface area contributed by atoms with Crippen LogP contribution >= 0.6 is 11.3 Å². The van der Waals surface area contributed by atoms with E-state index in [0.717, 1.165) is 16.1 Å². The van der Waals surface area contributed by atoms with Crippen LogP contribution in [0.4, 0.5) is 0 Å². The van der Waals surface area contributed by atoms with Gasteiger partial charge in [-0.1, -0.05) is 6.07 Å². The summed E-state index contributed by atoms with van der Waals surface area (Å²) in [6, 6.07) is 5.40. The van der Waals surface area contributed by atoms with Crippen LogP contribution in [0.2, 0.25) is 0 Å². The van der Waals surface area contributed by atoms with Gasteiger partial charge in [0.1, 0.15) is 0 Å². The third-order valence-electron chi connectivity index (χ3n) is 3.05. The van der Waals surface area contributed by atoms with Crippen LogP contribution in [0.15, 0.2) is 23.6 Å². The molecule has 96 valence electrons. The van der Waals surface area contributed by atoms with Crippen molar-refractivity contribution in [3.63, 3.8) is 0 Å². The molecule has 19 heavy (non-hydrogen) atoms. The van der Waals surface area contributed by atoms with E-state index < -0.39 is 5.97 Å². The third kappa shape index (κ3) is 1.80. The Morgan fingerprint density at radius 1 is 1.42 bits per heavy atom. The first-order chi connectivity index (χ1) is 9.08. The first-order valence-electron chi connectivity index (χ1n) is 5.72. The Morgan fingerprint density at radius 2 is 2.21 bits per heavy atom. The van der Waals surface area contributed by atoms with E-state index >= 15 is 0 Å². The first kappa shape index (κ1) is 11.9. The normalized spacial score (nSPS) is 11.1. The van der Waals surface area contributed by atoms with Crippen molar-refractivity contribution >= 4 is 23.0 Å². The molecule has 0 fully saturated rings. The molecule has 0 bridgehead atoms. The van der Waals surface area contributed by atoms with E-state index in [2.05, 4.69) is 10.1 Å². The van der Waals surface area contributed by atoms with Gasteiger partial charge in [-0.05, 0) is 31.4 Å². The molecule has 0 aliphatic heterocycles. The number of fused-ring (bicyclic) bond motifs is 1. The summed E-state index contributed by atoms with van der Waals surface area (Å²) in [6.07, 6.45) is 0. The maximum absolute atomic E-state index is 11.4. The number of carboxylic acids is 1. The Hall–Kier alpha value is -2.21. The topological polar surface area (TPSA) is 67.5 Å². The Bertz CT molecular complexity index is 775. The van der Waals surface area contributed by atoms with E-state index in [9.17, 15) is 9.90 Å². The Kier molecular flexibility index (Phi) is 2.60. The number of aromatic nitrogens is 3. The summed E-state index contributed by atoms with van der Waals surface area (Å²) in [7, 11) is 0. The SMILES string of the molecule is Cc1nn2c(C(=O)O)cc(-c3cccs3)nc2c1C. The number of rotatable bonds is 2. The lowest BCUT2D eigenvalue weighted by molar-refractivity contribution is 0.0687. The van der Waals surface area contributed by atoms with Gasteiger partial charge in [0.25, 0.3) is 0 Å². The van der Waals surface area contributed by atoms with Gasteiger partial charge in [-0.25, -0.2) is 14.3 Å². The van der Waals surface area contributed by atoms with Gasteiger partial charge in [0.15, 0.2) is 11.3 Å². The summed E-state index contributed by atoms with van der Waals surface area (Å²) in [6.45, 7) is 3.74. The van der Waals surface area contributed by atoms with Crippen molar-refractivity contribution in [1.82, 2.24) is 14.6 Å². The molecule has 6 heteroatoms. The minimum Gasteiger partial charge on any atom is -0.477 e. The zero-order valence-electron chi connectivity index (χ0n) is 10.4. The predicted octanol–water partition coefficient (Wildman–Crippen LogP) is 2.77. The second-order valence-electron chi connectivity index (χ2n) is 4.25. The second-order valence-corrected chi connectivity index (χ2v) is 5.20. The molecular weight excluding hydrogens is 262 g/mol. The second kappa shape index (κ2) is 4.17. The Labute approximate surface area is 113 Å². The average Bonchev–Trinajstić information content (AvgIpc) is 2.99. The lowest BCUT2D eigenvalue weighted by Crippen LogP contribution is -2.08. The van der Waals surface area contributed by atoms with E-state index in [1.165, 1.54) is 15.9 Å². The van der Waals surface area contributed by atoms with Crippen LogP contribution in [-0.4, -0.2) is 25.7 Å². The van der Waals surface area contributed by atoms with E-state index in [4.69, 9.17) is 0 Å². The number of aromatic carboxylic acids is 1. The van der Waals surface area contributed by atoms with Crippen molar-refractivity contribution in [2.75, 3.05) is 0 Å². The van der Waals surface area contributed by atoms with Crippen molar-refractivity contribution in [2.45, 2.75) is 13.8 Å².